The third kappa shape index (κ3) is 1.92. The summed E-state index contributed by atoms with van der Waals surface area (Å²) in [4.78, 5) is 27.1. The lowest BCUT2D eigenvalue weighted by Gasteiger charge is -2.38. The predicted molar refractivity (Wildman–Crippen MR) is 84.4 cm³/mol. The molecule has 4 aliphatic rings. The molecule has 2 amide bonds. The van der Waals surface area contributed by atoms with Crippen LogP contribution in [0.1, 0.15) is 12.8 Å². The highest BCUT2D eigenvalue weighted by Crippen LogP contribution is 2.50. The number of methoxy groups -OCH3 is 2. The van der Waals surface area contributed by atoms with E-state index in [9.17, 15) is 9.59 Å². The first kappa shape index (κ1) is 14.3. The maximum atomic E-state index is 12.9. The average Bonchev–Trinajstić information content (AvgIpc) is 2.88. The van der Waals surface area contributed by atoms with Gasteiger partial charge in [-0.15, -0.1) is 0 Å². The number of benzene rings is 1. The van der Waals surface area contributed by atoms with E-state index in [2.05, 4.69) is 12.2 Å². The first-order valence-corrected chi connectivity index (χ1v) is 7.94. The first-order valence-electron chi connectivity index (χ1n) is 7.94. The third-order valence-electron chi connectivity index (χ3n) is 5.38. The van der Waals surface area contributed by atoms with Crippen LogP contribution in [0, 0.1) is 23.7 Å². The van der Waals surface area contributed by atoms with Crippen molar-refractivity contribution in [2.75, 3.05) is 19.1 Å². The van der Waals surface area contributed by atoms with Gasteiger partial charge in [0.1, 0.15) is 0 Å². The van der Waals surface area contributed by atoms with E-state index >= 15 is 0 Å². The van der Waals surface area contributed by atoms with Crippen molar-refractivity contribution in [1.29, 1.82) is 0 Å². The Kier molecular flexibility index (Phi) is 3.18. The molecule has 1 saturated heterocycles. The lowest BCUT2D eigenvalue weighted by Crippen LogP contribution is -2.38. The second-order valence-corrected chi connectivity index (χ2v) is 6.39. The molecule has 0 aromatic heterocycles. The number of rotatable bonds is 3. The van der Waals surface area contributed by atoms with Crippen molar-refractivity contribution in [1.82, 2.24) is 0 Å². The number of imide groups is 1. The molecule has 0 radical (unpaired) electrons. The minimum absolute atomic E-state index is 0.0775. The zero-order valence-corrected chi connectivity index (χ0v) is 13.2. The number of anilines is 1. The van der Waals surface area contributed by atoms with Crippen LogP contribution in [-0.2, 0) is 9.59 Å². The van der Waals surface area contributed by atoms with Crippen molar-refractivity contribution in [3.63, 3.8) is 0 Å². The van der Waals surface area contributed by atoms with Crippen molar-refractivity contribution < 1.29 is 19.1 Å². The molecule has 5 nitrogen and oxygen atoms in total. The Bertz CT molecular complexity index is 679. The van der Waals surface area contributed by atoms with Crippen molar-refractivity contribution in [3.05, 3.63) is 30.4 Å². The van der Waals surface area contributed by atoms with E-state index in [1.54, 1.807) is 32.4 Å². The van der Waals surface area contributed by atoms with E-state index in [1.807, 2.05) is 0 Å². The van der Waals surface area contributed by atoms with Crippen molar-refractivity contribution in [2.45, 2.75) is 12.8 Å². The van der Waals surface area contributed by atoms with Crippen LogP contribution < -0.4 is 14.4 Å². The topological polar surface area (TPSA) is 55.8 Å². The lowest BCUT2D eigenvalue weighted by atomic mass is 9.63. The van der Waals surface area contributed by atoms with E-state index < -0.39 is 0 Å². The molecule has 0 spiro atoms. The van der Waals surface area contributed by atoms with Crippen LogP contribution in [0.2, 0.25) is 0 Å². The molecule has 2 bridgehead atoms. The van der Waals surface area contributed by atoms with Gasteiger partial charge in [-0.05, 0) is 36.8 Å². The second kappa shape index (κ2) is 5.11. The van der Waals surface area contributed by atoms with Gasteiger partial charge in [-0.2, -0.15) is 0 Å². The van der Waals surface area contributed by atoms with Gasteiger partial charge in [0.15, 0.2) is 11.5 Å². The van der Waals surface area contributed by atoms with Gasteiger partial charge in [0.05, 0.1) is 31.7 Å². The van der Waals surface area contributed by atoms with Crippen LogP contribution in [0.4, 0.5) is 5.69 Å². The number of hydrogen-bond acceptors (Lipinski definition) is 4. The largest absolute Gasteiger partial charge is 0.493 e. The van der Waals surface area contributed by atoms with E-state index in [0.717, 1.165) is 12.8 Å². The molecule has 0 N–H and O–H groups in total. The van der Waals surface area contributed by atoms with Crippen LogP contribution in [-0.4, -0.2) is 26.0 Å². The van der Waals surface area contributed by atoms with Gasteiger partial charge in [0.2, 0.25) is 11.8 Å². The van der Waals surface area contributed by atoms with Gasteiger partial charge < -0.3 is 9.47 Å². The Labute approximate surface area is 134 Å². The van der Waals surface area contributed by atoms with Crippen LogP contribution in [0.5, 0.6) is 11.5 Å². The third-order valence-corrected chi connectivity index (χ3v) is 5.38. The number of nitrogens with zero attached hydrogens (tertiary/aromatic N) is 1. The Morgan fingerprint density at radius 2 is 1.48 bits per heavy atom. The fourth-order valence-electron chi connectivity index (χ4n) is 4.29. The molecule has 1 aromatic rings. The molecule has 4 unspecified atom stereocenters. The number of ether oxygens (including phenoxy) is 2. The summed E-state index contributed by atoms with van der Waals surface area (Å²) < 4.78 is 10.5. The van der Waals surface area contributed by atoms with Crippen molar-refractivity contribution in [2.24, 2.45) is 23.7 Å². The summed E-state index contributed by atoms with van der Waals surface area (Å²) in [6, 6.07) is 5.16. The van der Waals surface area contributed by atoms with Gasteiger partial charge in [-0.3, -0.25) is 9.59 Å². The first-order chi connectivity index (χ1) is 11.2. The fraction of sp³-hybridized carbons (Fsp3) is 0.444. The molecule has 5 rings (SSSR count). The predicted octanol–water partition coefficient (Wildman–Crippen LogP) is 2.41. The molecule has 5 heteroatoms. The maximum absolute atomic E-state index is 12.9. The van der Waals surface area contributed by atoms with Crippen LogP contribution in [0.25, 0.3) is 0 Å². The molecule has 1 aliphatic heterocycles. The summed E-state index contributed by atoms with van der Waals surface area (Å²) in [5.41, 5.74) is 0.562. The van der Waals surface area contributed by atoms with E-state index in [1.165, 1.54) is 4.90 Å². The number of hydrogen-bond donors (Lipinski definition) is 0. The smallest absolute Gasteiger partial charge is 0.238 e. The molecule has 1 saturated carbocycles. The highest BCUT2D eigenvalue weighted by atomic mass is 16.5. The Hall–Kier alpha value is -2.30. The van der Waals surface area contributed by atoms with Gasteiger partial charge >= 0.3 is 0 Å². The summed E-state index contributed by atoms with van der Waals surface area (Å²) in [6.07, 6.45) is 6.25. The van der Waals surface area contributed by atoms with Crippen molar-refractivity contribution in [3.8, 4) is 11.5 Å². The second-order valence-electron chi connectivity index (χ2n) is 6.39. The summed E-state index contributed by atoms with van der Waals surface area (Å²) >= 11 is 0. The summed E-state index contributed by atoms with van der Waals surface area (Å²) in [7, 11) is 3.10. The van der Waals surface area contributed by atoms with Gasteiger partial charge in [0.25, 0.3) is 0 Å². The van der Waals surface area contributed by atoms with Gasteiger partial charge in [0, 0.05) is 6.07 Å². The number of carbonyl (C=O) groups excluding carboxylic acids is 2. The normalized spacial score (nSPS) is 31.5. The highest BCUT2D eigenvalue weighted by molar-refractivity contribution is 6.22. The van der Waals surface area contributed by atoms with E-state index in [0.29, 0.717) is 17.2 Å². The molecular formula is C18H19NO4. The number of fused-ring (bicyclic) bond motifs is 1. The number of allylic oxidation sites excluding steroid dienone is 2. The maximum Gasteiger partial charge on any atom is 0.238 e. The SMILES string of the molecule is COc1ccc(N2C(=O)C3C4C=CC(CC4)C3C2=O)cc1OC. The quantitative estimate of drug-likeness (QED) is 0.635. The molecule has 3 aliphatic carbocycles. The molecule has 23 heavy (non-hydrogen) atoms. The highest BCUT2D eigenvalue weighted by Gasteiger charge is 2.56. The van der Waals surface area contributed by atoms with Gasteiger partial charge in [-0.1, -0.05) is 12.2 Å². The Morgan fingerprint density at radius 1 is 0.913 bits per heavy atom. The average molecular weight is 313 g/mol. The minimum Gasteiger partial charge on any atom is -0.493 e. The monoisotopic (exact) mass is 313 g/mol. The van der Waals surface area contributed by atoms with E-state index in [4.69, 9.17) is 9.47 Å². The Balaban J connectivity index is 1.73. The molecular weight excluding hydrogens is 294 g/mol. The summed E-state index contributed by atoms with van der Waals surface area (Å²) in [6.45, 7) is 0. The standard InChI is InChI=1S/C18H19NO4/c1-22-13-8-7-12(9-14(13)23-2)19-17(20)15-10-3-4-11(6-5-10)16(15)18(19)21/h3-4,7-11,15-16H,5-6H2,1-2H3. The zero-order valence-electron chi connectivity index (χ0n) is 13.2. The Morgan fingerprint density at radius 3 is 1.96 bits per heavy atom. The number of carbonyl (C=O) groups is 2. The van der Waals surface area contributed by atoms with Crippen molar-refractivity contribution >= 4 is 17.5 Å². The van der Waals surface area contributed by atoms with Crippen LogP contribution in [0.3, 0.4) is 0 Å². The number of amides is 2. The summed E-state index contributed by atoms with van der Waals surface area (Å²) in [5, 5.41) is 0. The van der Waals surface area contributed by atoms with Crippen LogP contribution >= 0.6 is 0 Å². The molecule has 2 fully saturated rings. The fourth-order valence-corrected chi connectivity index (χ4v) is 4.29. The minimum atomic E-state index is -0.195. The van der Waals surface area contributed by atoms with Gasteiger partial charge in [-0.25, -0.2) is 4.90 Å². The molecule has 1 aromatic carbocycles. The van der Waals surface area contributed by atoms with Crippen LogP contribution in [0.15, 0.2) is 30.4 Å². The zero-order chi connectivity index (χ0) is 16.1. The molecule has 1 heterocycles. The summed E-state index contributed by atoms with van der Waals surface area (Å²) in [5.74, 6) is 0.950. The van der Waals surface area contributed by atoms with E-state index in [-0.39, 0.29) is 35.5 Å². The molecule has 4 atom stereocenters. The lowest BCUT2D eigenvalue weighted by molar-refractivity contribution is -0.124. The molecule has 120 valence electrons.